The fourth-order valence-corrected chi connectivity index (χ4v) is 1.48. The number of aromatic nitrogens is 1. The number of nitrogens with one attached hydrogen (secondary N) is 1. The van der Waals surface area contributed by atoms with Crippen molar-refractivity contribution < 1.29 is 9.13 Å². The van der Waals surface area contributed by atoms with Crippen molar-refractivity contribution in [1.82, 2.24) is 10.3 Å². The normalized spacial score (nSPS) is 12.7. The van der Waals surface area contributed by atoms with Gasteiger partial charge in [0, 0.05) is 25.8 Å². The molecule has 0 bridgehead atoms. The molecule has 0 aromatic carbocycles. The Labute approximate surface area is 89.7 Å². The van der Waals surface area contributed by atoms with E-state index in [0.717, 1.165) is 6.54 Å². The highest BCUT2D eigenvalue weighted by atomic mass is 19.1. The molecule has 0 saturated heterocycles. The van der Waals surface area contributed by atoms with Gasteiger partial charge < -0.3 is 10.1 Å². The average molecular weight is 212 g/mol. The fraction of sp³-hybridized carbons (Fsp3) is 0.545. The Hall–Kier alpha value is -1.00. The highest BCUT2D eigenvalue weighted by Crippen LogP contribution is 2.06. The zero-order valence-electron chi connectivity index (χ0n) is 9.16. The minimum Gasteiger partial charge on any atom is -0.383 e. The van der Waals surface area contributed by atoms with E-state index in [1.807, 2.05) is 6.92 Å². The van der Waals surface area contributed by atoms with E-state index < -0.39 is 0 Å². The van der Waals surface area contributed by atoms with Crippen LogP contribution in [0.1, 0.15) is 12.6 Å². The summed E-state index contributed by atoms with van der Waals surface area (Å²) >= 11 is 0. The Morgan fingerprint density at radius 3 is 3.00 bits per heavy atom. The third-order valence-corrected chi connectivity index (χ3v) is 2.14. The quantitative estimate of drug-likeness (QED) is 0.773. The highest BCUT2D eigenvalue weighted by molar-refractivity contribution is 5.08. The Balaban J connectivity index is 2.60. The van der Waals surface area contributed by atoms with Gasteiger partial charge in [-0.3, -0.25) is 4.98 Å². The second kappa shape index (κ2) is 6.48. The number of ether oxygens (including phenoxy) is 1. The molecule has 1 aromatic heterocycles. The van der Waals surface area contributed by atoms with E-state index >= 15 is 0 Å². The van der Waals surface area contributed by atoms with Crippen LogP contribution in [0.3, 0.4) is 0 Å². The molecule has 4 heteroatoms. The second-order valence-electron chi connectivity index (χ2n) is 3.35. The summed E-state index contributed by atoms with van der Waals surface area (Å²) in [5.74, 6) is -0.253. The molecule has 1 aromatic rings. The molecule has 1 N–H and O–H groups in total. The molecular formula is C11H17FN2O. The first-order chi connectivity index (χ1) is 7.27. The molecule has 1 unspecified atom stereocenters. The van der Waals surface area contributed by atoms with Gasteiger partial charge in [0.05, 0.1) is 12.3 Å². The lowest BCUT2D eigenvalue weighted by atomic mass is 10.1. The number of pyridine rings is 1. The third-order valence-electron chi connectivity index (χ3n) is 2.14. The van der Waals surface area contributed by atoms with Gasteiger partial charge in [0.25, 0.3) is 0 Å². The first kappa shape index (κ1) is 12.1. The first-order valence-electron chi connectivity index (χ1n) is 5.09. The monoisotopic (exact) mass is 212 g/mol. The van der Waals surface area contributed by atoms with E-state index in [0.29, 0.717) is 18.7 Å². The molecule has 0 aliphatic rings. The summed E-state index contributed by atoms with van der Waals surface area (Å²) in [7, 11) is 1.64. The van der Waals surface area contributed by atoms with Crippen LogP contribution in [0.4, 0.5) is 4.39 Å². The van der Waals surface area contributed by atoms with Crippen LogP contribution in [-0.2, 0) is 11.2 Å². The van der Waals surface area contributed by atoms with Crippen LogP contribution in [0, 0.1) is 5.82 Å². The maximum Gasteiger partial charge on any atom is 0.144 e. The topological polar surface area (TPSA) is 34.1 Å². The van der Waals surface area contributed by atoms with Gasteiger partial charge in [0.2, 0.25) is 0 Å². The van der Waals surface area contributed by atoms with E-state index in [9.17, 15) is 4.39 Å². The number of methoxy groups -OCH3 is 1. The van der Waals surface area contributed by atoms with Gasteiger partial charge >= 0.3 is 0 Å². The Morgan fingerprint density at radius 2 is 2.40 bits per heavy atom. The predicted octanol–water partition coefficient (Wildman–Crippen LogP) is 1.39. The lowest BCUT2D eigenvalue weighted by molar-refractivity contribution is 0.166. The summed E-state index contributed by atoms with van der Waals surface area (Å²) in [6.07, 6.45) is 2.16. The molecular weight excluding hydrogens is 195 g/mol. The van der Waals surface area contributed by atoms with E-state index in [4.69, 9.17) is 4.74 Å². The number of rotatable bonds is 6. The number of likely N-dealkylation sites (N-methyl/N-ethyl adjacent to an activating group) is 1. The van der Waals surface area contributed by atoms with E-state index in [-0.39, 0.29) is 11.9 Å². The van der Waals surface area contributed by atoms with Crippen LogP contribution in [-0.4, -0.2) is 31.3 Å². The van der Waals surface area contributed by atoms with Crippen molar-refractivity contribution in [3.05, 3.63) is 29.8 Å². The molecule has 0 spiro atoms. The minimum absolute atomic E-state index is 0.115. The maximum atomic E-state index is 13.3. The summed E-state index contributed by atoms with van der Waals surface area (Å²) in [6.45, 7) is 3.41. The van der Waals surface area contributed by atoms with Gasteiger partial charge in [0.1, 0.15) is 5.82 Å². The molecule has 1 rings (SSSR count). The minimum atomic E-state index is -0.253. The number of hydrogen-bond acceptors (Lipinski definition) is 3. The predicted molar refractivity (Wildman–Crippen MR) is 57.2 cm³/mol. The molecule has 15 heavy (non-hydrogen) atoms. The summed E-state index contributed by atoms with van der Waals surface area (Å²) in [5, 5.41) is 3.23. The number of nitrogens with zero attached hydrogens (tertiary/aromatic N) is 1. The lowest BCUT2D eigenvalue weighted by Gasteiger charge is -2.16. The second-order valence-corrected chi connectivity index (χ2v) is 3.35. The zero-order valence-corrected chi connectivity index (χ0v) is 9.16. The summed E-state index contributed by atoms with van der Waals surface area (Å²) in [4.78, 5) is 4.01. The van der Waals surface area contributed by atoms with Gasteiger partial charge in [-0.1, -0.05) is 6.92 Å². The molecule has 3 nitrogen and oxygen atoms in total. The summed E-state index contributed by atoms with van der Waals surface area (Å²) in [6, 6.07) is 3.14. The van der Waals surface area contributed by atoms with Crippen molar-refractivity contribution in [2.45, 2.75) is 19.4 Å². The van der Waals surface area contributed by atoms with Crippen LogP contribution < -0.4 is 5.32 Å². The van der Waals surface area contributed by atoms with E-state index in [1.165, 1.54) is 6.07 Å². The number of hydrogen-bond donors (Lipinski definition) is 1. The summed E-state index contributed by atoms with van der Waals surface area (Å²) in [5.41, 5.74) is 0.487. The molecule has 0 radical (unpaired) electrons. The zero-order chi connectivity index (χ0) is 11.1. The van der Waals surface area contributed by atoms with Gasteiger partial charge in [-0.15, -0.1) is 0 Å². The van der Waals surface area contributed by atoms with Crippen molar-refractivity contribution in [2.75, 3.05) is 20.3 Å². The van der Waals surface area contributed by atoms with Crippen LogP contribution in [0.5, 0.6) is 0 Å². The Kier molecular flexibility index (Phi) is 5.21. The van der Waals surface area contributed by atoms with Crippen LogP contribution >= 0.6 is 0 Å². The molecule has 1 heterocycles. The van der Waals surface area contributed by atoms with Crippen LogP contribution in [0.2, 0.25) is 0 Å². The molecule has 1 atom stereocenters. The van der Waals surface area contributed by atoms with Crippen molar-refractivity contribution in [1.29, 1.82) is 0 Å². The SMILES string of the molecule is CCNC(COC)Cc1ncccc1F. The molecule has 0 amide bonds. The summed E-state index contributed by atoms with van der Waals surface area (Å²) < 4.78 is 18.4. The van der Waals surface area contributed by atoms with Gasteiger partial charge in [-0.05, 0) is 18.7 Å². The van der Waals surface area contributed by atoms with Crippen LogP contribution in [0.25, 0.3) is 0 Å². The lowest BCUT2D eigenvalue weighted by Crippen LogP contribution is -2.35. The van der Waals surface area contributed by atoms with Gasteiger partial charge in [-0.2, -0.15) is 0 Å². The fourth-order valence-electron chi connectivity index (χ4n) is 1.48. The molecule has 0 saturated carbocycles. The van der Waals surface area contributed by atoms with Crippen LogP contribution in [0.15, 0.2) is 18.3 Å². The van der Waals surface area contributed by atoms with E-state index in [1.54, 1.807) is 19.4 Å². The Bertz CT molecular complexity index is 288. The standard InChI is InChI=1S/C11H17FN2O/c1-3-13-9(8-15-2)7-11-10(12)5-4-6-14-11/h4-6,9,13H,3,7-8H2,1-2H3. The van der Waals surface area contributed by atoms with Gasteiger partial charge in [-0.25, -0.2) is 4.39 Å². The highest BCUT2D eigenvalue weighted by Gasteiger charge is 2.11. The molecule has 84 valence electrons. The maximum absolute atomic E-state index is 13.3. The van der Waals surface area contributed by atoms with Crippen molar-refractivity contribution in [2.24, 2.45) is 0 Å². The smallest absolute Gasteiger partial charge is 0.144 e. The molecule has 0 fully saturated rings. The van der Waals surface area contributed by atoms with Crippen molar-refractivity contribution in [3.8, 4) is 0 Å². The largest absolute Gasteiger partial charge is 0.383 e. The van der Waals surface area contributed by atoms with Crippen molar-refractivity contribution >= 4 is 0 Å². The average Bonchev–Trinajstić information content (AvgIpc) is 2.22. The first-order valence-corrected chi connectivity index (χ1v) is 5.09. The Morgan fingerprint density at radius 1 is 1.60 bits per heavy atom. The van der Waals surface area contributed by atoms with Crippen molar-refractivity contribution in [3.63, 3.8) is 0 Å². The molecule has 0 aliphatic heterocycles. The van der Waals surface area contributed by atoms with E-state index in [2.05, 4.69) is 10.3 Å². The third kappa shape index (κ3) is 3.93. The van der Waals surface area contributed by atoms with Gasteiger partial charge in [0.15, 0.2) is 0 Å². The number of halogens is 1. The molecule has 0 aliphatic carbocycles.